The van der Waals surface area contributed by atoms with Crippen molar-refractivity contribution in [2.75, 3.05) is 31.5 Å². The van der Waals surface area contributed by atoms with Crippen LogP contribution in [0.15, 0.2) is 36.4 Å². The first kappa shape index (κ1) is 20.9. The van der Waals surface area contributed by atoms with Gasteiger partial charge in [-0.25, -0.2) is 8.42 Å². The molecule has 0 saturated heterocycles. The van der Waals surface area contributed by atoms with Crippen LogP contribution >= 0.6 is 0 Å². The zero-order valence-electron chi connectivity index (χ0n) is 16.5. The summed E-state index contributed by atoms with van der Waals surface area (Å²) in [6.45, 7) is 2.19. The second kappa shape index (κ2) is 7.92. The van der Waals surface area contributed by atoms with Gasteiger partial charge in [-0.15, -0.1) is 0 Å². The molecular weight excluding hydrogens is 396 g/mol. The average molecular weight is 420 g/mol. The molecule has 9 heteroatoms. The number of amides is 1. The molecule has 1 aliphatic heterocycles. The molecule has 156 valence electrons. The number of anilines is 1. The zero-order chi connectivity index (χ0) is 21.3. The van der Waals surface area contributed by atoms with E-state index in [1.54, 1.807) is 36.4 Å². The summed E-state index contributed by atoms with van der Waals surface area (Å²) < 4.78 is 35.2. The molecule has 0 saturated carbocycles. The van der Waals surface area contributed by atoms with E-state index in [-0.39, 0.29) is 17.0 Å². The standard InChI is InChI=1S/C20H24N2O6S/c1-4-28-17-10-12(8-9-16(17)27-2)15(11-29(3,25)26)22-19(23)13-6-5-7-14(21)18(13)20(22)24/h5-10,15,19,23H,4,11,21H2,1-3H3. The Bertz CT molecular complexity index is 1040. The molecular formula is C20H24N2O6S. The summed E-state index contributed by atoms with van der Waals surface area (Å²) >= 11 is 0. The number of carbonyl (C=O) groups is 1. The number of carbonyl (C=O) groups excluding carboxylic acids is 1. The van der Waals surface area contributed by atoms with E-state index in [4.69, 9.17) is 15.2 Å². The van der Waals surface area contributed by atoms with Gasteiger partial charge in [0.25, 0.3) is 5.91 Å². The second-order valence-electron chi connectivity index (χ2n) is 6.85. The van der Waals surface area contributed by atoms with Crippen LogP contribution in [0.3, 0.4) is 0 Å². The van der Waals surface area contributed by atoms with E-state index in [2.05, 4.69) is 0 Å². The maximum atomic E-state index is 13.1. The van der Waals surface area contributed by atoms with E-state index < -0.39 is 28.0 Å². The molecule has 2 atom stereocenters. The van der Waals surface area contributed by atoms with Gasteiger partial charge in [0, 0.05) is 17.5 Å². The first-order chi connectivity index (χ1) is 13.7. The third kappa shape index (κ3) is 4.01. The number of nitrogens with two attached hydrogens (primary N) is 1. The SMILES string of the molecule is CCOc1cc(C(CS(C)(=O)=O)N2C(=O)c3c(N)cccc3C2O)ccc1OC. The number of methoxy groups -OCH3 is 1. The highest BCUT2D eigenvalue weighted by molar-refractivity contribution is 7.90. The third-order valence-electron chi connectivity index (χ3n) is 4.79. The van der Waals surface area contributed by atoms with Crippen LogP contribution in [-0.4, -0.2) is 50.1 Å². The first-order valence-corrected chi connectivity index (χ1v) is 11.1. The molecule has 8 nitrogen and oxygen atoms in total. The highest BCUT2D eigenvalue weighted by atomic mass is 32.2. The largest absolute Gasteiger partial charge is 0.493 e. The number of aliphatic hydroxyl groups is 1. The van der Waals surface area contributed by atoms with Crippen molar-refractivity contribution in [1.82, 2.24) is 4.90 Å². The van der Waals surface area contributed by atoms with Crippen molar-refractivity contribution >= 4 is 21.4 Å². The van der Waals surface area contributed by atoms with Gasteiger partial charge in [-0.3, -0.25) is 4.79 Å². The van der Waals surface area contributed by atoms with Crippen LogP contribution in [0, 0.1) is 0 Å². The molecule has 1 heterocycles. The van der Waals surface area contributed by atoms with E-state index in [9.17, 15) is 18.3 Å². The summed E-state index contributed by atoms with van der Waals surface area (Å²) in [5.74, 6) is 0.00780. The summed E-state index contributed by atoms with van der Waals surface area (Å²) in [7, 11) is -2.00. The molecule has 0 spiro atoms. The Labute approximate surface area is 169 Å². The lowest BCUT2D eigenvalue weighted by atomic mass is 10.1. The molecule has 0 radical (unpaired) electrons. The predicted octanol–water partition coefficient (Wildman–Crippen LogP) is 1.91. The van der Waals surface area contributed by atoms with Gasteiger partial charge in [-0.1, -0.05) is 18.2 Å². The van der Waals surface area contributed by atoms with Crippen LogP contribution in [0.5, 0.6) is 11.5 Å². The number of hydrogen-bond donors (Lipinski definition) is 2. The minimum absolute atomic E-state index is 0.192. The number of benzene rings is 2. The molecule has 0 bridgehead atoms. The molecule has 3 N–H and O–H groups in total. The Kier molecular flexibility index (Phi) is 5.72. The van der Waals surface area contributed by atoms with Crippen LogP contribution in [0.1, 0.15) is 40.7 Å². The maximum Gasteiger partial charge on any atom is 0.259 e. The minimum atomic E-state index is -3.50. The van der Waals surface area contributed by atoms with Crippen molar-refractivity contribution in [3.05, 3.63) is 53.1 Å². The highest BCUT2D eigenvalue weighted by Gasteiger charge is 2.42. The van der Waals surface area contributed by atoms with Crippen molar-refractivity contribution in [3.63, 3.8) is 0 Å². The van der Waals surface area contributed by atoms with E-state index in [1.807, 2.05) is 6.92 Å². The molecule has 0 aliphatic carbocycles. The van der Waals surface area contributed by atoms with Gasteiger partial charge in [0.15, 0.2) is 17.7 Å². The molecule has 0 fully saturated rings. The lowest BCUT2D eigenvalue weighted by Gasteiger charge is -2.31. The number of rotatable bonds is 7. The number of nitrogens with zero attached hydrogens (tertiary/aromatic N) is 1. The number of sulfone groups is 1. The van der Waals surface area contributed by atoms with E-state index in [0.29, 0.717) is 29.2 Å². The molecule has 1 amide bonds. The fourth-order valence-electron chi connectivity index (χ4n) is 3.55. The van der Waals surface area contributed by atoms with Gasteiger partial charge in [0.05, 0.1) is 31.1 Å². The quantitative estimate of drug-likeness (QED) is 0.657. The highest BCUT2D eigenvalue weighted by Crippen LogP contribution is 2.42. The Morgan fingerprint density at radius 2 is 1.97 bits per heavy atom. The van der Waals surface area contributed by atoms with Gasteiger partial charge < -0.3 is 25.2 Å². The van der Waals surface area contributed by atoms with Crippen LogP contribution < -0.4 is 15.2 Å². The molecule has 29 heavy (non-hydrogen) atoms. The van der Waals surface area contributed by atoms with Gasteiger partial charge in [0.2, 0.25) is 0 Å². The van der Waals surface area contributed by atoms with Crippen LogP contribution in [0.4, 0.5) is 5.69 Å². The van der Waals surface area contributed by atoms with Crippen LogP contribution in [-0.2, 0) is 9.84 Å². The first-order valence-electron chi connectivity index (χ1n) is 9.05. The molecule has 3 rings (SSSR count). The summed E-state index contributed by atoms with van der Waals surface area (Å²) in [4.78, 5) is 14.2. The third-order valence-corrected chi connectivity index (χ3v) is 5.71. The molecule has 1 aliphatic rings. The topological polar surface area (TPSA) is 119 Å². The summed E-state index contributed by atoms with van der Waals surface area (Å²) in [5, 5.41) is 10.8. The van der Waals surface area contributed by atoms with Gasteiger partial charge in [-0.2, -0.15) is 0 Å². The normalized spacial score (nSPS) is 17.2. The second-order valence-corrected chi connectivity index (χ2v) is 9.03. The van der Waals surface area contributed by atoms with Crippen molar-refractivity contribution in [1.29, 1.82) is 0 Å². The molecule has 2 unspecified atom stereocenters. The number of fused-ring (bicyclic) bond motifs is 1. The summed E-state index contributed by atoms with van der Waals surface area (Å²) in [6, 6.07) is 8.80. The number of aliphatic hydroxyl groups excluding tert-OH is 1. The maximum absolute atomic E-state index is 13.1. The smallest absolute Gasteiger partial charge is 0.259 e. The lowest BCUT2D eigenvalue weighted by molar-refractivity contribution is 0.000316. The summed E-state index contributed by atoms with van der Waals surface area (Å²) in [5.41, 5.74) is 7.22. The van der Waals surface area contributed by atoms with Gasteiger partial charge >= 0.3 is 0 Å². The van der Waals surface area contributed by atoms with E-state index >= 15 is 0 Å². The molecule has 2 aromatic rings. The number of nitrogen functional groups attached to an aromatic ring is 1. The Morgan fingerprint density at radius 3 is 2.55 bits per heavy atom. The average Bonchev–Trinajstić information content (AvgIpc) is 2.91. The van der Waals surface area contributed by atoms with Crippen molar-refractivity contribution in [3.8, 4) is 11.5 Å². The van der Waals surface area contributed by atoms with Crippen molar-refractivity contribution in [2.45, 2.75) is 19.2 Å². The Hall–Kier alpha value is -2.78. The van der Waals surface area contributed by atoms with Crippen LogP contribution in [0.2, 0.25) is 0 Å². The van der Waals surface area contributed by atoms with Crippen LogP contribution in [0.25, 0.3) is 0 Å². The zero-order valence-corrected chi connectivity index (χ0v) is 17.3. The predicted molar refractivity (Wildman–Crippen MR) is 109 cm³/mol. The van der Waals surface area contributed by atoms with Crippen molar-refractivity contribution < 1.29 is 27.8 Å². The van der Waals surface area contributed by atoms with Crippen molar-refractivity contribution in [2.24, 2.45) is 0 Å². The Balaban J connectivity index is 2.12. The van der Waals surface area contributed by atoms with E-state index in [1.165, 1.54) is 7.11 Å². The molecule has 0 aromatic heterocycles. The van der Waals surface area contributed by atoms with Gasteiger partial charge in [0.1, 0.15) is 9.84 Å². The van der Waals surface area contributed by atoms with Gasteiger partial charge in [-0.05, 0) is 30.7 Å². The fourth-order valence-corrected chi connectivity index (χ4v) is 4.47. The molecule has 2 aromatic carbocycles. The monoisotopic (exact) mass is 420 g/mol. The fraction of sp³-hybridized carbons (Fsp3) is 0.350. The Morgan fingerprint density at radius 1 is 1.24 bits per heavy atom. The summed E-state index contributed by atoms with van der Waals surface area (Å²) in [6.07, 6.45) is -0.230. The number of ether oxygens (including phenoxy) is 2. The number of hydrogen-bond acceptors (Lipinski definition) is 7. The minimum Gasteiger partial charge on any atom is -0.493 e. The van der Waals surface area contributed by atoms with E-state index in [0.717, 1.165) is 11.2 Å². The lowest BCUT2D eigenvalue weighted by Crippen LogP contribution is -2.36.